The van der Waals surface area contributed by atoms with Gasteiger partial charge >= 0.3 is 7.60 Å². The molecule has 0 saturated heterocycles. The Morgan fingerprint density at radius 1 is 1.07 bits per heavy atom. The molecule has 0 rings (SSSR count). The van der Waals surface area contributed by atoms with Gasteiger partial charge in [-0.2, -0.15) is 0 Å². The maximum atomic E-state index is 11.3. The van der Waals surface area contributed by atoms with Gasteiger partial charge in [-0.25, -0.2) is 0 Å². The lowest BCUT2D eigenvalue weighted by molar-refractivity contribution is 0.233. The van der Waals surface area contributed by atoms with Gasteiger partial charge in [0, 0.05) is 13.8 Å². The molecule has 1 unspecified atom stereocenters. The normalized spacial score (nSPS) is 15.4. The minimum absolute atomic E-state index is 0.549. The van der Waals surface area contributed by atoms with Crippen LogP contribution in [0.5, 0.6) is 0 Å². The zero-order chi connectivity index (χ0) is 10.9. The van der Waals surface area contributed by atoms with Crippen LogP contribution >= 0.6 is 7.60 Å². The minimum atomic E-state index is -2.73. The summed E-state index contributed by atoms with van der Waals surface area (Å²) in [6.45, 7) is 4.26. The van der Waals surface area contributed by atoms with Crippen LogP contribution in [0, 0.1) is 0 Å². The monoisotopic (exact) mass is 222 g/mol. The molecule has 14 heavy (non-hydrogen) atoms. The summed E-state index contributed by atoms with van der Waals surface area (Å²) in [4.78, 5) is 0. The summed E-state index contributed by atoms with van der Waals surface area (Å²) in [7, 11) is -1.32. The second-order valence-electron chi connectivity index (χ2n) is 3.55. The van der Waals surface area contributed by atoms with Gasteiger partial charge in [-0.3, -0.25) is 4.57 Å². The van der Waals surface area contributed by atoms with Crippen LogP contribution in [0.4, 0.5) is 0 Å². The van der Waals surface area contributed by atoms with Crippen LogP contribution in [-0.2, 0) is 13.6 Å². The third-order valence-electron chi connectivity index (χ3n) is 2.16. The predicted molar refractivity (Wildman–Crippen MR) is 59.9 cm³/mol. The lowest BCUT2D eigenvalue weighted by Gasteiger charge is -2.10. The lowest BCUT2D eigenvalue weighted by atomic mass is 10.1. The highest BCUT2D eigenvalue weighted by molar-refractivity contribution is 7.52. The second-order valence-corrected chi connectivity index (χ2v) is 5.72. The van der Waals surface area contributed by atoms with Crippen LogP contribution in [0.1, 0.15) is 45.4 Å². The molecule has 4 heteroatoms. The average molecular weight is 222 g/mol. The first-order chi connectivity index (χ1) is 6.62. The number of unbranched alkanes of at least 4 members (excludes halogenated alkanes) is 5. The second kappa shape index (κ2) is 8.46. The Hall–Kier alpha value is 0.150. The smallest absolute Gasteiger partial charge is 0.312 e. The molecule has 0 radical (unpaired) electrons. The standard InChI is InChI=1S/C10H23O3P/c1-4-5-6-7-8-9-10-13-14(3,11)12-2/h4-10H2,1-3H3. The zero-order valence-corrected chi connectivity index (χ0v) is 10.5. The Morgan fingerprint density at radius 2 is 1.64 bits per heavy atom. The molecule has 0 aliphatic heterocycles. The van der Waals surface area contributed by atoms with Crippen molar-refractivity contribution in [3.05, 3.63) is 0 Å². The first-order valence-electron chi connectivity index (χ1n) is 5.40. The highest BCUT2D eigenvalue weighted by atomic mass is 31.2. The summed E-state index contributed by atoms with van der Waals surface area (Å²) in [6, 6.07) is 0. The van der Waals surface area contributed by atoms with Gasteiger partial charge in [-0.15, -0.1) is 0 Å². The van der Waals surface area contributed by atoms with Crippen molar-refractivity contribution in [2.45, 2.75) is 45.4 Å². The molecule has 0 saturated carbocycles. The predicted octanol–water partition coefficient (Wildman–Crippen LogP) is 3.83. The Morgan fingerprint density at radius 3 is 2.21 bits per heavy atom. The van der Waals surface area contributed by atoms with Crippen molar-refractivity contribution < 1.29 is 13.6 Å². The van der Waals surface area contributed by atoms with Crippen LogP contribution in [-0.4, -0.2) is 20.4 Å². The van der Waals surface area contributed by atoms with Crippen molar-refractivity contribution in [2.24, 2.45) is 0 Å². The van der Waals surface area contributed by atoms with Crippen LogP contribution in [0.2, 0.25) is 0 Å². The Kier molecular flexibility index (Phi) is 8.55. The first-order valence-corrected chi connectivity index (χ1v) is 7.39. The van der Waals surface area contributed by atoms with E-state index in [1.165, 1.54) is 39.5 Å². The van der Waals surface area contributed by atoms with Crippen molar-refractivity contribution in [1.82, 2.24) is 0 Å². The third kappa shape index (κ3) is 8.74. The van der Waals surface area contributed by atoms with Crippen LogP contribution < -0.4 is 0 Å². The van der Waals surface area contributed by atoms with Crippen LogP contribution in [0.3, 0.4) is 0 Å². The van der Waals surface area contributed by atoms with E-state index in [0.717, 1.165) is 12.8 Å². The molecule has 0 spiro atoms. The molecular formula is C10H23O3P. The van der Waals surface area contributed by atoms with E-state index < -0.39 is 7.60 Å². The summed E-state index contributed by atoms with van der Waals surface area (Å²) >= 11 is 0. The summed E-state index contributed by atoms with van der Waals surface area (Å²) in [5, 5.41) is 0. The van der Waals surface area contributed by atoms with Gasteiger partial charge in [-0.1, -0.05) is 39.0 Å². The molecule has 0 aromatic heterocycles. The van der Waals surface area contributed by atoms with Crippen molar-refractivity contribution in [3.63, 3.8) is 0 Å². The number of hydrogen-bond acceptors (Lipinski definition) is 3. The highest BCUT2D eigenvalue weighted by Gasteiger charge is 2.12. The molecule has 3 nitrogen and oxygen atoms in total. The topological polar surface area (TPSA) is 35.5 Å². The molecule has 0 aromatic rings. The molecule has 0 amide bonds. The quantitative estimate of drug-likeness (QED) is 0.439. The molecular weight excluding hydrogens is 199 g/mol. The van der Waals surface area contributed by atoms with Crippen molar-refractivity contribution in [2.75, 3.05) is 20.4 Å². The van der Waals surface area contributed by atoms with E-state index in [1.54, 1.807) is 0 Å². The average Bonchev–Trinajstić information content (AvgIpc) is 2.16. The van der Waals surface area contributed by atoms with E-state index in [-0.39, 0.29) is 0 Å². The van der Waals surface area contributed by atoms with E-state index in [9.17, 15) is 4.57 Å². The highest BCUT2D eigenvalue weighted by Crippen LogP contribution is 2.42. The summed E-state index contributed by atoms with van der Waals surface area (Å²) in [6.07, 6.45) is 7.26. The van der Waals surface area contributed by atoms with E-state index >= 15 is 0 Å². The van der Waals surface area contributed by atoms with Gasteiger partial charge in [-0.05, 0) is 6.42 Å². The maximum absolute atomic E-state index is 11.3. The molecule has 0 heterocycles. The fourth-order valence-electron chi connectivity index (χ4n) is 1.17. The van der Waals surface area contributed by atoms with Crippen molar-refractivity contribution in [3.8, 4) is 0 Å². The van der Waals surface area contributed by atoms with E-state index in [0.29, 0.717) is 6.61 Å². The molecule has 0 fully saturated rings. The van der Waals surface area contributed by atoms with Gasteiger partial charge in [0.15, 0.2) is 0 Å². The van der Waals surface area contributed by atoms with E-state index in [4.69, 9.17) is 9.05 Å². The Labute approximate surface area is 87.7 Å². The fourth-order valence-corrected chi connectivity index (χ4v) is 1.73. The van der Waals surface area contributed by atoms with E-state index in [1.807, 2.05) is 0 Å². The summed E-state index contributed by atoms with van der Waals surface area (Å²) in [5.74, 6) is 0. The van der Waals surface area contributed by atoms with Crippen molar-refractivity contribution in [1.29, 1.82) is 0 Å². The van der Waals surface area contributed by atoms with Gasteiger partial charge in [0.2, 0.25) is 0 Å². The molecule has 0 bridgehead atoms. The van der Waals surface area contributed by atoms with Crippen molar-refractivity contribution >= 4 is 7.60 Å². The SMILES string of the molecule is CCCCCCCCOP(C)(=O)OC. The van der Waals surface area contributed by atoms with Gasteiger partial charge in [0.05, 0.1) is 6.61 Å². The fraction of sp³-hybridized carbons (Fsp3) is 1.00. The van der Waals surface area contributed by atoms with Gasteiger partial charge in [0.25, 0.3) is 0 Å². The molecule has 0 aliphatic carbocycles. The molecule has 0 aromatic carbocycles. The number of hydrogen-bond donors (Lipinski definition) is 0. The first kappa shape index (κ1) is 14.2. The maximum Gasteiger partial charge on any atom is 0.327 e. The largest absolute Gasteiger partial charge is 0.327 e. The molecule has 0 aliphatic rings. The van der Waals surface area contributed by atoms with Crippen LogP contribution in [0.25, 0.3) is 0 Å². The summed E-state index contributed by atoms with van der Waals surface area (Å²) in [5.41, 5.74) is 0. The lowest BCUT2D eigenvalue weighted by Crippen LogP contribution is -1.94. The Bertz CT molecular complexity index is 171. The third-order valence-corrected chi connectivity index (χ3v) is 3.47. The Balaban J connectivity index is 3.17. The zero-order valence-electron chi connectivity index (χ0n) is 9.62. The van der Waals surface area contributed by atoms with Gasteiger partial charge < -0.3 is 9.05 Å². The molecule has 86 valence electrons. The number of rotatable bonds is 9. The molecule has 1 atom stereocenters. The summed E-state index contributed by atoms with van der Waals surface area (Å²) < 4.78 is 21.1. The van der Waals surface area contributed by atoms with Gasteiger partial charge in [0.1, 0.15) is 0 Å². The van der Waals surface area contributed by atoms with Crippen LogP contribution in [0.15, 0.2) is 0 Å². The van der Waals surface area contributed by atoms with E-state index in [2.05, 4.69) is 6.92 Å². The molecule has 0 N–H and O–H groups in total. The minimum Gasteiger partial charge on any atom is -0.312 e.